The molecule has 4 N–H and O–H groups in total. The lowest BCUT2D eigenvalue weighted by atomic mass is 10.0. The molecule has 4 heterocycles. The molecule has 4 aromatic rings. The van der Waals surface area contributed by atoms with Crippen molar-refractivity contribution >= 4 is 39.9 Å². The summed E-state index contributed by atoms with van der Waals surface area (Å²) in [6.07, 6.45) is -0.128. The highest BCUT2D eigenvalue weighted by molar-refractivity contribution is 7.98. The molecule has 3 aromatic heterocycles. The molecule has 5 rings (SSSR count). The Bertz CT molecular complexity index is 1230. The first-order valence-corrected chi connectivity index (χ1v) is 12.4. The van der Waals surface area contributed by atoms with E-state index in [1.54, 1.807) is 39.9 Å². The first-order chi connectivity index (χ1) is 15.5. The minimum absolute atomic E-state index is 0.370. The molecule has 1 saturated heterocycles. The standard InChI is InChI=1S/C23H24N4O3S2/c1-13-16(17(10-32-13)14-5-3-2-4-6-14)9-31-11-18-19(28)20(29)23(30-18)27-8-7-15-21(24)25-12-26-22(15)27/h2-8,10,12,18-20,23,28-29H,9,11H2,1H3,(H2,24,25,26)/t18-,19-,20-,23-/m1/s1. The van der Waals surface area contributed by atoms with Crippen LogP contribution in [-0.4, -0.2) is 48.8 Å². The number of benzene rings is 1. The third-order valence-electron chi connectivity index (χ3n) is 5.87. The van der Waals surface area contributed by atoms with Gasteiger partial charge in [-0.1, -0.05) is 30.3 Å². The van der Waals surface area contributed by atoms with Gasteiger partial charge in [0.1, 0.15) is 30.0 Å². The summed E-state index contributed by atoms with van der Waals surface area (Å²) in [5.74, 6) is 1.74. The number of ether oxygens (including phenoxy) is 1. The van der Waals surface area contributed by atoms with Crippen LogP contribution < -0.4 is 5.73 Å². The SMILES string of the molecule is Cc1scc(-c2ccccc2)c1CSC[C@H]1O[C@@H](n2ccc3c(N)ncnc32)[C@H](O)[C@@H]1O. The van der Waals surface area contributed by atoms with Gasteiger partial charge in [0.2, 0.25) is 0 Å². The molecule has 1 aliphatic heterocycles. The fourth-order valence-electron chi connectivity index (χ4n) is 4.09. The zero-order valence-electron chi connectivity index (χ0n) is 17.5. The second-order valence-corrected chi connectivity index (χ2v) is 9.94. The Morgan fingerprint density at radius 2 is 1.97 bits per heavy atom. The lowest BCUT2D eigenvalue weighted by Gasteiger charge is -2.17. The zero-order valence-corrected chi connectivity index (χ0v) is 19.1. The van der Waals surface area contributed by atoms with Crippen molar-refractivity contribution in [3.8, 4) is 11.1 Å². The number of nitrogens with zero attached hydrogens (tertiary/aromatic N) is 3. The molecular weight excluding hydrogens is 444 g/mol. The molecule has 1 aliphatic rings. The molecule has 0 bridgehead atoms. The molecule has 1 aromatic carbocycles. The third kappa shape index (κ3) is 3.80. The zero-order chi connectivity index (χ0) is 22.2. The maximum Gasteiger partial charge on any atom is 0.164 e. The fraction of sp³-hybridized carbons (Fsp3) is 0.304. The number of nitrogen functional groups attached to an aromatic ring is 1. The van der Waals surface area contributed by atoms with Crippen LogP contribution in [-0.2, 0) is 10.5 Å². The molecule has 0 radical (unpaired) electrons. The molecule has 32 heavy (non-hydrogen) atoms. The van der Waals surface area contributed by atoms with Crippen molar-refractivity contribution in [2.24, 2.45) is 0 Å². The molecule has 9 heteroatoms. The average molecular weight is 469 g/mol. The highest BCUT2D eigenvalue weighted by Crippen LogP contribution is 2.37. The molecule has 0 unspecified atom stereocenters. The second kappa shape index (κ2) is 8.84. The smallest absolute Gasteiger partial charge is 0.164 e. The van der Waals surface area contributed by atoms with Crippen LogP contribution >= 0.6 is 23.1 Å². The lowest BCUT2D eigenvalue weighted by Crippen LogP contribution is -2.32. The highest BCUT2D eigenvalue weighted by atomic mass is 32.2. The quantitative estimate of drug-likeness (QED) is 0.397. The van der Waals surface area contributed by atoms with E-state index in [1.807, 2.05) is 18.2 Å². The van der Waals surface area contributed by atoms with E-state index in [2.05, 4.69) is 34.4 Å². The van der Waals surface area contributed by atoms with Crippen LogP contribution in [0, 0.1) is 6.92 Å². The van der Waals surface area contributed by atoms with Gasteiger partial charge in [0.15, 0.2) is 6.23 Å². The Labute approximate surface area is 193 Å². The maximum absolute atomic E-state index is 10.7. The molecule has 4 atom stereocenters. The van der Waals surface area contributed by atoms with E-state index < -0.39 is 24.5 Å². The van der Waals surface area contributed by atoms with Gasteiger partial charge in [0.25, 0.3) is 0 Å². The van der Waals surface area contributed by atoms with E-state index >= 15 is 0 Å². The van der Waals surface area contributed by atoms with Gasteiger partial charge in [0.05, 0.1) is 11.5 Å². The first kappa shape index (κ1) is 21.4. The van der Waals surface area contributed by atoms with E-state index in [0.717, 1.165) is 5.75 Å². The average Bonchev–Trinajstić information content (AvgIpc) is 3.47. The van der Waals surface area contributed by atoms with Crippen LogP contribution in [0.5, 0.6) is 0 Å². The van der Waals surface area contributed by atoms with Crippen molar-refractivity contribution in [2.75, 3.05) is 11.5 Å². The van der Waals surface area contributed by atoms with E-state index in [4.69, 9.17) is 10.5 Å². The number of aryl methyl sites for hydroxylation is 1. The van der Waals surface area contributed by atoms with Gasteiger partial charge >= 0.3 is 0 Å². The lowest BCUT2D eigenvalue weighted by molar-refractivity contribution is -0.0285. The van der Waals surface area contributed by atoms with E-state index in [9.17, 15) is 10.2 Å². The van der Waals surface area contributed by atoms with Crippen molar-refractivity contribution < 1.29 is 14.9 Å². The van der Waals surface area contributed by atoms with Gasteiger partial charge in [-0.2, -0.15) is 11.8 Å². The number of hydrogen-bond acceptors (Lipinski definition) is 8. The largest absolute Gasteiger partial charge is 0.387 e. The minimum Gasteiger partial charge on any atom is -0.387 e. The fourth-order valence-corrected chi connectivity index (χ4v) is 6.28. The number of aliphatic hydroxyl groups is 2. The topological polar surface area (TPSA) is 106 Å². The van der Waals surface area contributed by atoms with Gasteiger partial charge in [-0.25, -0.2) is 9.97 Å². The van der Waals surface area contributed by atoms with Crippen molar-refractivity contribution in [1.82, 2.24) is 14.5 Å². The van der Waals surface area contributed by atoms with Gasteiger partial charge in [-0.3, -0.25) is 0 Å². The van der Waals surface area contributed by atoms with Gasteiger partial charge in [-0.05, 0) is 35.1 Å². The number of fused-ring (bicyclic) bond motifs is 1. The van der Waals surface area contributed by atoms with Crippen LogP contribution in [0.2, 0.25) is 0 Å². The number of aliphatic hydroxyl groups excluding tert-OH is 2. The summed E-state index contributed by atoms with van der Waals surface area (Å²) in [4.78, 5) is 9.56. The number of nitrogens with two attached hydrogens (primary N) is 1. The van der Waals surface area contributed by atoms with Crippen molar-refractivity contribution in [1.29, 1.82) is 0 Å². The number of hydrogen-bond donors (Lipinski definition) is 3. The van der Waals surface area contributed by atoms with Gasteiger partial charge in [-0.15, -0.1) is 11.3 Å². The summed E-state index contributed by atoms with van der Waals surface area (Å²) in [6, 6.07) is 12.2. The van der Waals surface area contributed by atoms with Crippen LogP contribution in [0.15, 0.2) is 54.3 Å². The van der Waals surface area contributed by atoms with Gasteiger partial charge < -0.3 is 25.3 Å². The second-order valence-electron chi connectivity index (χ2n) is 7.83. The number of rotatable bonds is 6. The van der Waals surface area contributed by atoms with Crippen molar-refractivity contribution in [3.63, 3.8) is 0 Å². The summed E-state index contributed by atoms with van der Waals surface area (Å²) >= 11 is 3.45. The molecular formula is C23H24N4O3S2. The third-order valence-corrected chi connectivity index (χ3v) is 7.88. The molecule has 0 amide bonds. The Kier molecular flexibility index (Phi) is 5.92. The number of thiophene rings is 1. The molecule has 0 aliphatic carbocycles. The van der Waals surface area contributed by atoms with Crippen LogP contribution in [0.4, 0.5) is 5.82 Å². The molecule has 7 nitrogen and oxygen atoms in total. The summed E-state index contributed by atoms with van der Waals surface area (Å²) < 4.78 is 7.80. The Morgan fingerprint density at radius 1 is 1.16 bits per heavy atom. The number of aromatic nitrogens is 3. The summed E-state index contributed by atoms with van der Waals surface area (Å²) in [6.45, 7) is 2.14. The molecule has 1 fully saturated rings. The predicted octanol–water partition coefficient (Wildman–Crippen LogP) is 3.60. The van der Waals surface area contributed by atoms with Gasteiger partial charge in [0, 0.05) is 22.6 Å². The molecule has 166 valence electrons. The Hall–Kier alpha value is -2.43. The number of thioether (sulfide) groups is 1. The first-order valence-electron chi connectivity index (χ1n) is 10.3. The van der Waals surface area contributed by atoms with Crippen LogP contribution in [0.25, 0.3) is 22.2 Å². The molecule has 0 saturated carbocycles. The summed E-state index contributed by atoms with van der Waals surface area (Å²) in [5.41, 5.74) is 10.3. The van der Waals surface area contributed by atoms with E-state index in [-0.39, 0.29) is 0 Å². The van der Waals surface area contributed by atoms with E-state index in [1.165, 1.54) is 27.9 Å². The summed E-state index contributed by atoms with van der Waals surface area (Å²) in [7, 11) is 0. The minimum atomic E-state index is -1.06. The number of anilines is 1. The van der Waals surface area contributed by atoms with Crippen molar-refractivity contribution in [2.45, 2.75) is 37.2 Å². The molecule has 0 spiro atoms. The predicted molar refractivity (Wildman–Crippen MR) is 129 cm³/mol. The Balaban J connectivity index is 1.28. The van der Waals surface area contributed by atoms with Crippen LogP contribution in [0.3, 0.4) is 0 Å². The van der Waals surface area contributed by atoms with Crippen LogP contribution in [0.1, 0.15) is 16.7 Å². The highest BCUT2D eigenvalue weighted by Gasteiger charge is 2.44. The van der Waals surface area contributed by atoms with Crippen molar-refractivity contribution in [3.05, 3.63) is 64.7 Å². The Morgan fingerprint density at radius 3 is 2.78 bits per heavy atom. The maximum atomic E-state index is 10.7. The normalized spacial score (nSPS) is 23.2. The van der Waals surface area contributed by atoms with E-state index in [0.29, 0.717) is 22.6 Å². The monoisotopic (exact) mass is 468 g/mol. The summed E-state index contributed by atoms with van der Waals surface area (Å²) in [5, 5.41) is 24.2.